The molecule has 5 rings (SSSR count). The average molecular weight is 626 g/mol. The molecule has 0 radical (unpaired) electrons. The molecular formula is C34H31N3O5S2. The average Bonchev–Trinajstić information content (AvgIpc) is 3.32. The van der Waals surface area contributed by atoms with E-state index in [1.54, 1.807) is 68.5 Å². The molecule has 0 saturated carbocycles. The van der Waals surface area contributed by atoms with Crippen molar-refractivity contribution in [2.24, 2.45) is 4.99 Å². The van der Waals surface area contributed by atoms with E-state index in [4.69, 9.17) is 14.2 Å². The molecule has 0 aliphatic carbocycles. The third-order valence-corrected chi connectivity index (χ3v) is 8.75. The minimum Gasteiger partial charge on any atom is -0.493 e. The van der Waals surface area contributed by atoms with Gasteiger partial charge in [-0.25, -0.2) is 9.79 Å². The summed E-state index contributed by atoms with van der Waals surface area (Å²) in [5.74, 6) is 0.506. The van der Waals surface area contributed by atoms with Gasteiger partial charge in [0.15, 0.2) is 16.3 Å². The molecule has 3 aromatic carbocycles. The van der Waals surface area contributed by atoms with Gasteiger partial charge in [-0.05, 0) is 74.6 Å². The van der Waals surface area contributed by atoms with Crippen LogP contribution in [0.4, 0.5) is 0 Å². The lowest BCUT2D eigenvalue weighted by atomic mass is 9.96. The van der Waals surface area contributed by atoms with E-state index in [0.29, 0.717) is 37.7 Å². The van der Waals surface area contributed by atoms with Crippen molar-refractivity contribution in [3.63, 3.8) is 0 Å². The van der Waals surface area contributed by atoms with Gasteiger partial charge < -0.3 is 14.2 Å². The van der Waals surface area contributed by atoms with Crippen LogP contribution >= 0.6 is 23.1 Å². The maximum absolute atomic E-state index is 14.0. The van der Waals surface area contributed by atoms with Gasteiger partial charge in [-0.3, -0.25) is 9.36 Å². The second kappa shape index (κ2) is 13.4. The standard InChI is InChI=1S/C34H31N3O5S2/c1-20(2)42-33(39)30-21(3)36-34-37(31(30)23-11-13-26(43-5)14-12-23)32(38)29(44-34)17-22-10-15-27(28(16-22)40-4)41-19-25-9-7-6-8-24(25)18-35/h6-17,20,31H,19H2,1-5H3/b29-17+/t31-/m0/s1. The largest absolute Gasteiger partial charge is 0.493 e. The molecule has 0 saturated heterocycles. The number of ether oxygens (including phenoxy) is 3. The number of hydrogen-bond donors (Lipinski definition) is 0. The molecule has 0 fully saturated rings. The van der Waals surface area contributed by atoms with Gasteiger partial charge in [0, 0.05) is 10.5 Å². The zero-order valence-electron chi connectivity index (χ0n) is 25.0. The van der Waals surface area contributed by atoms with E-state index >= 15 is 0 Å². The Labute approximate surface area is 263 Å². The Bertz CT molecular complexity index is 1970. The van der Waals surface area contributed by atoms with Gasteiger partial charge in [0.2, 0.25) is 0 Å². The maximum Gasteiger partial charge on any atom is 0.338 e. The fourth-order valence-electron chi connectivity index (χ4n) is 4.92. The van der Waals surface area contributed by atoms with E-state index in [9.17, 15) is 14.9 Å². The summed E-state index contributed by atoms with van der Waals surface area (Å²) in [6.45, 7) is 5.56. The highest BCUT2D eigenvalue weighted by Crippen LogP contribution is 2.32. The number of methoxy groups -OCH3 is 1. The van der Waals surface area contributed by atoms with E-state index in [0.717, 1.165) is 21.6 Å². The molecule has 1 atom stereocenters. The molecule has 8 nitrogen and oxygen atoms in total. The highest BCUT2D eigenvalue weighted by Gasteiger charge is 2.33. The van der Waals surface area contributed by atoms with Crippen LogP contribution in [0.25, 0.3) is 6.08 Å². The predicted molar refractivity (Wildman–Crippen MR) is 172 cm³/mol. The lowest BCUT2D eigenvalue weighted by Gasteiger charge is -2.25. The van der Waals surface area contributed by atoms with Crippen LogP contribution in [-0.4, -0.2) is 30.0 Å². The monoisotopic (exact) mass is 625 g/mol. The summed E-state index contributed by atoms with van der Waals surface area (Å²) >= 11 is 2.87. The summed E-state index contributed by atoms with van der Waals surface area (Å²) in [5.41, 5.74) is 3.44. The predicted octanol–water partition coefficient (Wildman–Crippen LogP) is 5.37. The van der Waals surface area contributed by atoms with Crippen LogP contribution in [0.15, 0.2) is 92.7 Å². The first-order valence-corrected chi connectivity index (χ1v) is 15.9. The van der Waals surface area contributed by atoms with Gasteiger partial charge in [-0.2, -0.15) is 5.26 Å². The second-order valence-electron chi connectivity index (χ2n) is 10.3. The first kappa shape index (κ1) is 30.9. The number of allylic oxidation sites excluding steroid dienone is 1. The minimum absolute atomic E-state index is 0.205. The summed E-state index contributed by atoms with van der Waals surface area (Å²) in [7, 11) is 1.55. The van der Waals surface area contributed by atoms with Gasteiger partial charge in [0.1, 0.15) is 6.61 Å². The number of nitrogens with zero attached hydrogens (tertiary/aromatic N) is 3. The van der Waals surface area contributed by atoms with E-state index < -0.39 is 12.0 Å². The number of esters is 1. The quantitative estimate of drug-likeness (QED) is 0.182. The van der Waals surface area contributed by atoms with E-state index in [2.05, 4.69) is 11.1 Å². The van der Waals surface area contributed by atoms with E-state index in [1.165, 1.54) is 11.3 Å². The maximum atomic E-state index is 14.0. The molecule has 0 amide bonds. The molecule has 44 heavy (non-hydrogen) atoms. The highest BCUT2D eigenvalue weighted by atomic mass is 32.2. The topological polar surface area (TPSA) is 103 Å². The third-order valence-electron chi connectivity index (χ3n) is 7.02. The first-order valence-electron chi connectivity index (χ1n) is 13.9. The van der Waals surface area contributed by atoms with Gasteiger partial charge in [0.25, 0.3) is 5.56 Å². The van der Waals surface area contributed by atoms with Crippen LogP contribution < -0.4 is 24.4 Å². The van der Waals surface area contributed by atoms with Crippen LogP contribution in [-0.2, 0) is 16.1 Å². The molecule has 0 N–H and O–H groups in total. The van der Waals surface area contributed by atoms with Crippen molar-refractivity contribution in [1.82, 2.24) is 4.57 Å². The molecule has 4 aromatic rings. The highest BCUT2D eigenvalue weighted by molar-refractivity contribution is 7.98. The second-order valence-corrected chi connectivity index (χ2v) is 12.2. The molecule has 0 spiro atoms. The van der Waals surface area contributed by atoms with Crippen LogP contribution in [0.5, 0.6) is 11.5 Å². The third kappa shape index (κ3) is 6.34. The van der Waals surface area contributed by atoms with E-state index in [-0.39, 0.29) is 18.3 Å². The summed E-state index contributed by atoms with van der Waals surface area (Å²) in [6.07, 6.45) is 3.45. The number of aromatic nitrogens is 1. The Morgan fingerprint density at radius 2 is 1.89 bits per heavy atom. The lowest BCUT2D eigenvalue weighted by Crippen LogP contribution is -2.40. The van der Waals surface area contributed by atoms with Crippen molar-refractivity contribution in [3.05, 3.63) is 120 Å². The van der Waals surface area contributed by atoms with Crippen LogP contribution in [0.3, 0.4) is 0 Å². The summed E-state index contributed by atoms with van der Waals surface area (Å²) < 4.78 is 19.2. The molecule has 0 bridgehead atoms. The van der Waals surface area contributed by atoms with Crippen molar-refractivity contribution in [2.45, 2.75) is 44.4 Å². The van der Waals surface area contributed by atoms with Crippen molar-refractivity contribution < 1.29 is 19.0 Å². The Morgan fingerprint density at radius 3 is 2.57 bits per heavy atom. The SMILES string of the molecule is COc1cc(/C=c2/sc3n(c2=O)[C@@H](c2ccc(SC)cc2)C(C(=O)OC(C)C)=C(C)N=3)ccc1OCc1ccccc1C#N. The number of hydrogen-bond acceptors (Lipinski definition) is 9. The lowest BCUT2D eigenvalue weighted by molar-refractivity contribution is -0.143. The van der Waals surface area contributed by atoms with E-state index in [1.807, 2.05) is 54.8 Å². The molecule has 0 unspecified atom stereocenters. The molecule has 10 heteroatoms. The number of carbonyl (C=O) groups excluding carboxylic acids is 1. The smallest absolute Gasteiger partial charge is 0.338 e. The number of fused-ring (bicyclic) bond motifs is 1. The summed E-state index contributed by atoms with van der Waals surface area (Å²) in [4.78, 5) is 33.6. The molecule has 224 valence electrons. The number of carbonyl (C=O) groups is 1. The normalized spacial score (nSPS) is 14.6. The Hall–Kier alpha value is -4.59. The molecular weight excluding hydrogens is 595 g/mol. The summed E-state index contributed by atoms with van der Waals surface area (Å²) in [6, 6.07) is 22.0. The van der Waals surface area contributed by atoms with Gasteiger partial charge in [-0.15, -0.1) is 11.8 Å². The Balaban J connectivity index is 1.54. The van der Waals surface area contributed by atoms with Crippen molar-refractivity contribution in [2.75, 3.05) is 13.4 Å². The van der Waals surface area contributed by atoms with Crippen LogP contribution in [0.2, 0.25) is 0 Å². The number of benzene rings is 3. The zero-order chi connectivity index (χ0) is 31.4. The van der Waals surface area contributed by atoms with Crippen LogP contribution in [0.1, 0.15) is 49.1 Å². The zero-order valence-corrected chi connectivity index (χ0v) is 26.6. The van der Waals surface area contributed by atoms with Crippen molar-refractivity contribution in [1.29, 1.82) is 5.26 Å². The molecule has 1 aromatic heterocycles. The number of thiazole rings is 1. The Morgan fingerprint density at radius 1 is 1.14 bits per heavy atom. The fraction of sp³-hybridized carbons (Fsp3) is 0.235. The molecule has 2 heterocycles. The number of nitriles is 1. The van der Waals surface area contributed by atoms with Gasteiger partial charge >= 0.3 is 5.97 Å². The number of thioether (sulfide) groups is 1. The summed E-state index contributed by atoms with van der Waals surface area (Å²) in [5, 5.41) is 9.38. The minimum atomic E-state index is -0.683. The molecule has 1 aliphatic heterocycles. The number of rotatable bonds is 9. The first-order chi connectivity index (χ1) is 21.2. The Kier molecular flexibility index (Phi) is 9.37. The van der Waals surface area contributed by atoms with Gasteiger partial charge in [-0.1, -0.05) is 47.7 Å². The van der Waals surface area contributed by atoms with Crippen molar-refractivity contribution >= 4 is 35.1 Å². The van der Waals surface area contributed by atoms with Gasteiger partial charge in [0.05, 0.1) is 46.7 Å². The van der Waals surface area contributed by atoms with Crippen molar-refractivity contribution in [3.8, 4) is 17.6 Å². The van der Waals surface area contributed by atoms with Crippen LogP contribution in [0, 0.1) is 11.3 Å². The fourth-order valence-corrected chi connectivity index (χ4v) is 6.37. The molecule has 1 aliphatic rings.